The van der Waals surface area contributed by atoms with E-state index in [1.165, 1.54) is 11.2 Å². The molecule has 18 heteroatoms. The summed E-state index contributed by atoms with van der Waals surface area (Å²) in [6.45, 7) is 1.47. The summed E-state index contributed by atoms with van der Waals surface area (Å²) in [5.41, 5.74) is -1.15. The number of aromatic nitrogens is 6. The quantitative estimate of drug-likeness (QED) is 0.244. The molecule has 1 amide bonds. The van der Waals surface area contributed by atoms with Crippen LogP contribution in [0.15, 0.2) is 43.2 Å². The number of fused-ring (bicyclic) bond motifs is 1. The number of nitrogens with one attached hydrogen (secondary N) is 1. The number of aromatic amines is 1. The first-order valence-corrected chi connectivity index (χ1v) is 14.2. The molecule has 0 spiro atoms. The zero-order valence-corrected chi connectivity index (χ0v) is 24.7. The number of carbonyl (C=O) groups is 1. The maximum Gasteiger partial charge on any atom is 0.436 e. The largest absolute Gasteiger partial charge is 0.436 e. The van der Waals surface area contributed by atoms with E-state index in [1.54, 1.807) is 12.4 Å². The molecule has 10 nitrogen and oxygen atoms in total. The van der Waals surface area contributed by atoms with Crippen LogP contribution in [-0.2, 0) is 11.7 Å². The number of nitrogens with zero attached hydrogens (tertiary/aromatic N) is 8. The minimum atomic E-state index is -5.01. The SMILES string of the molecule is BC1CN(C(=O)c2ccnc(C(F)(F)F)c2F)CC(B)(B)C1(B)N1CC(CC#N)(n2cc(-c3ncnc4[nH]ccc34)cn2)C1. The van der Waals surface area contributed by atoms with Crippen LogP contribution < -0.4 is 0 Å². The third-order valence-corrected chi connectivity index (χ3v) is 9.82. The lowest BCUT2D eigenvalue weighted by Gasteiger charge is -2.67. The number of piperidine rings is 1. The van der Waals surface area contributed by atoms with Crippen LogP contribution in [-0.4, -0.2) is 108 Å². The van der Waals surface area contributed by atoms with Crippen molar-refractivity contribution in [2.75, 3.05) is 26.2 Å². The van der Waals surface area contributed by atoms with Crippen molar-refractivity contribution < 1.29 is 22.4 Å². The Morgan fingerprint density at radius 3 is 2.59 bits per heavy atom. The molecule has 6 rings (SSSR count). The van der Waals surface area contributed by atoms with Crippen molar-refractivity contribution in [1.82, 2.24) is 39.5 Å². The van der Waals surface area contributed by atoms with Gasteiger partial charge in [-0.1, -0.05) is 5.21 Å². The molecule has 4 aromatic heterocycles. The first-order valence-electron chi connectivity index (χ1n) is 14.2. The molecule has 2 aliphatic heterocycles. The van der Waals surface area contributed by atoms with Crippen molar-refractivity contribution in [3.63, 3.8) is 0 Å². The van der Waals surface area contributed by atoms with Gasteiger partial charge in [0.2, 0.25) is 0 Å². The second kappa shape index (κ2) is 10.2. The van der Waals surface area contributed by atoms with E-state index in [9.17, 15) is 27.6 Å². The Morgan fingerprint density at radius 1 is 1.16 bits per heavy atom. The Balaban J connectivity index is 1.24. The molecule has 2 saturated heterocycles. The van der Waals surface area contributed by atoms with Crippen molar-refractivity contribution >= 4 is 48.3 Å². The summed E-state index contributed by atoms with van der Waals surface area (Å²) >= 11 is 0. The molecule has 0 saturated carbocycles. The van der Waals surface area contributed by atoms with Gasteiger partial charge in [-0.15, -0.1) is 0 Å². The number of amides is 1. The lowest BCUT2D eigenvalue weighted by atomic mass is 9.32. The number of hydrogen-bond acceptors (Lipinski definition) is 7. The van der Waals surface area contributed by atoms with Gasteiger partial charge in [0.1, 0.15) is 48.9 Å². The van der Waals surface area contributed by atoms with E-state index >= 15 is 0 Å². The van der Waals surface area contributed by atoms with Gasteiger partial charge in [0, 0.05) is 55.7 Å². The smallest absolute Gasteiger partial charge is 0.346 e. The average molecular weight is 601 g/mol. The lowest BCUT2D eigenvalue weighted by molar-refractivity contribution is -0.143. The van der Waals surface area contributed by atoms with Crippen LogP contribution in [0.4, 0.5) is 17.6 Å². The van der Waals surface area contributed by atoms with Crippen molar-refractivity contribution in [1.29, 1.82) is 5.26 Å². The number of nitriles is 1. The monoisotopic (exact) mass is 601 g/mol. The van der Waals surface area contributed by atoms with Gasteiger partial charge in [0.15, 0.2) is 11.5 Å². The zero-order valence-electron chi connectivity index (χ0n) is 24.7. The molecular weight excluding hydrogens is 574 g/mol. The Hall–Kier alpha value is -4.12. The molecule has 0 aromatic carbocycles. The highest BCUT2D eigenvalue weighted by atomic mass is 19.4. The predicted octanol–water partition coefficient (Wildman–Crippen LogP) is -0.412. The summed E-state index contributed by atoms with van der Waals surface area (Å²) < 4.78 is 56.5. The zero-order chi connectivity index (χ0) is 31.7. The van der Waals surface area contributed by atoms with Gasteiger partial charge in [-0.3, -0.25) is 9.48 Å². The maximum absolute atomic E-state index is 14.8. The highest BCUT2D eigenvalue weighted by Gasteiger charge is 2.59. The molecule has 1 N–H and O–H groups in total. The molecule has 4 aromatic rings. The Bertz CT molecular complexity index is 1800. The van der Waals surface area contributed by atoms with Crippen LogP contribution in [0.5, 0.6) is 0 Å². The molecule has 0 radical (unpaired) electrons. The topological polar surface area (TPSA) is 120 Å². The minimum absolute atomic E-state index is 0.140. The van der Waals surface area contributed by atoms with E-state index in [2.05, 4.69) is 43.9 Å². The van der Waals surface area contributed by atoms with Crippen LogP contribution in [0.1, 0.15) is 22.5 Å². The molecule has 44 heavy (non-hydrogen) atoms. The standard InChI is InChI=1S/C26H27B4F4N9O/c27-17-9-41(22(44)15-1-5-36-20(18(15)31)26(32,33)34)12-24(28,29)25(17,30)42-10-23(11-42,3-4-35)43-8-14(7-40-43)19-16-2-6-37-21(16)39-13-38-19/h1-2,5-8,13,17H,3,9-12,27-30H2,(H,37,38,39). The van der Waals surface area contributed by atoms with E-state index in [0.29, 0.717) is 18.7 Å². The summed E-state index contributed by atoms with van der Waals surface area (Å²) in [5.74, 6) is -2.60. The van der Waals surface area contributed by atoms with E-state index < -0.39 is 45.3 Å². The number of rotatable bonds is 5. The number of pyridine rings is 1. The van der Waals surface area contributed by atoms with Crippen LogP contribution in [0.25, 0.3) is 22.3 Å². The molecule has 0 bridgehead atoms. The number of halogens is 4. The van der Waals surface area contributed by atoms with Crippen molar-refractivity contribution in [2.45, 2.75) is 34.6 Å². The Kier molecular flexibility index (Phi) is 6.95. The molecule has 2 atom stereocenters. The van der Waals surface area contributed by atoms with E-state index in [0.717, 1.165) is 28.9 Å². The average Bonchev–Trinajstić information content (AvgIpc) is 3.62. The van der Waals surface area contributed by atoms with E-state index in [4.69, 9.17) is 0 Å². The number of carbonyl (C=O) groups excluding carboxylic acids is 1. The number of H-pyrrole nitrogens is 1. The van der Waals surface area contributed by atoms with Crippen molar-refractivity contribution in [2.24, 2.45) is 0 Å². The molecule has 0 aliphatic carbocycles. The summed E-state index contributed by atoms with van der Waals surface area (Å²) in [6, 6.07) is 5.21. The second-order valence-electron chi connectivity index (χ2n) is 12.7. The summed E-state index contributed by atoms with van der Waals surface area (Å²) in [4.78, 5) is 32.0. The molecule has 6 heterocycles. The summed E-state index contributed by atoms with van der Waals surface area (Å²) in [6.07, 6.45) is 2.94. The predicted molar refractivity (Wildman–Crippen MR) is 163 cm³/mol. The van der Waals surface area contributed by atoms with Gasteiger partial charge >= 0.3 is 6.18 Å². The first-order chi connectivity index (χ1) is 20.7. The van der Waals surface area contributed by atoms with Gasteiger partial charge in [0.05, 0.1) is 29.9 Å². The Labute approximate surface area is 253 Å². The van der Waals surface area contributed by atoms with Crippen LogP contribution in [0, 0.1) is 17.1 Å². The maximum atomic E-state index is 14.8. The van der Waals surface area contributed by atoms with E-state index in [1.807, 2.05) is 40.5 Å². The van der Waals surface area contributed by atoms with E-state index in [-0.39, 0.29) is 25.3 Å². The molecule has 222 valence electrons. The summed E-state index contributed by atoms with van der Waals surface area (Å²) in [7, 11) is 8.10. The van der Waals surface area contributed by atoms with Crippen molar-refractivity contribution in [3.05, 3.63) is 60.3 Å². The number of likely N-dealkylation sites (tertiary alicyclic amines) is 2. The van der Waals surface area contributed by atoms with Crippen molar-refractivity contribution in [3.8, 4) is 17.3 Å². The fourth-order valence-electron chi connectivity index (χ4n) is 7.03. The molecular formula is C26H27B4F4N9O. The number of alkyl halides is 3. The summed E-state index contributed by atoms with van der Waals surface area (Å²) in [5, 5.41) is 14.8. The second-order valence-corrected chi connectivity index (χ2v) is 12.7. The van der Waals surface area contributed by atoms with Crippen LogP contribution >= 0.6 is 0 Å². The lowest BCUT2D eigenvalue weighted by Crippen LogP contribution is -2.77. The van der Waals surface area contributed by atoms with Gasteiger partial charge in [-0.05, 0) is 23.4 Å². The third kappa shape index (κ3) is 4.51. The molecule has 2 unspecified atom stereocenters. The highest BCUT2D eigenvalue weighted by Crippen LogP contribution is 2.52. The Morgan fingerprint density at radius 2 is 1.91 bits per heavy atom. The number of hydrogen-bond donors (Lipinski definition) is 1. The fraction of sp³-hybridized carbons (Fsp3) is 0.385. The molecule has 2 aliphatic rings. The minimum Gasteiger partial charge on any atom is -0.346 e. The van der Waals surface area contributed by atoms with Gasteiger partial charge in [-0.25, -0.2) is 19.3 Å². The third-order valence-electron chi connectivity index (χ3n) is 9.82. The first kappa shape index (κ1) is 29.9. The van der Waals surface area contributed by atoms with Crippen LogP contribution in [0.3, 0.4) is 0 Å². The van der Waals surface area contributed by atoms with Crippen LogP contribution in [0.2, 0.25) is 11.0 Å². The van der Waals surface area contributed by atoms with Gasteiger partial charge < -0.3 is 14.8 Å². The normalized spacial score (nSPS) is 23.2. The fourth-order valence-corrected chi connectivity index (χ4v) is 7.03. The highest BCUT2D eigenvalue weighted by molar-refractivity contribution is 6.47. The molecule has 2 fully saturated rings. The van der Waals surface area contributed by atoms with Gasteiger partial charge in [0.25, 0.3) is 5.91 Å². The van der Waals surface area contributed by atoms with Gasteiger partial charge in [-0.2, -0.15) is 23.5 Å².